The van der Waals surface area contributed by atoms with Gasteiger partial charge in [0.25, 0.3) is 53.2 Å². The molecular formula is C97H117F9N24O11S. The third-order valence-corrected chi connectivity index (χ3v) is 20.6. The number of hydrogen-bond acceptors (Lipinski definition) is 25. The summed E-state index contributed by atoms with van der Waals surface area (Å²) in [6, 6.07) is 33.8. The van der Waals surface area contributed by atoms with Crippen LogP contribution in [-0.2, 0) is 18.5 Å². The molecule has 0 fully saturated rings. The van der Waals surface area contributed by atoms with Crippen molar-refractivity contribution in [3.8, 4) is 5.69 Å². The molecule has 3 aromatic carbocycles. The van der Waals surface area contributed by atoms with E-state index in [4.69, 9.17) is 4.52 Å². The van der Waals surface area contributed by atoms with Gasteiger partial charge in [0.15, 0.2) is 22.8 Å². The Morgan fingerprint density at radius 2 is 0.894 bits per heavy atom. The van der Waals surface area contributed by atoms with Gasteiger partial charge in [0.2, 0.25) is 0 Å². The lowest BCUT2D eigenvalue weighted by Crippen LogP contribution is -2.24. The number of aryl methyl sites for hydroxylation is 11. The van der Waals surface area contributed by atoms with Crippen LogP contribution in [0.25, 0.3) is 33.0 Å². The smallest absolute Gasteiger partial charge is 0.361 e. The van der Waals surface area contributed by atoms with Crippen molar-refractivity contribution < 1.29 is 92.0 Å². The van der Waals surface area contributed by atoms with Crippen molar-refractivity contribution in [2.24, 2.45) is 0 Å². The molecule has 11 heterocycles. The number of nitrogens with zero attached hydrogens (tertiary/aromatic N) is 15. The monoisotopic (exact) mass is 2000 g/mol. The molecule has 14 aromatic rings. The van der Waals surface area contributed by atoms with Gasteiger partial charge in [0, 0.05) is 136 Å². The summed E-state index contributed by atoms with van der Waals surface area (Å²) < 4.78 is 119. The minimum Gasteiger partial charge on any atom is -0.361 e. The number of para-hydroxylation sites is 2. The summed E-state index contributed by atoms with van der Waals surface area (Å²) in [6.45, 7) is 24.4. The lowest BCUT2D eigenvalue weighted by atomic mass is 10.0. The van der Waals surface area contributed by atoms with Gasteiger partial charge in [0.05, 0.1) is 106 Å². The number of thiazole rings is 1. The minimum atomic E-state index is -4.65. The Labute approximate surface area is 819 Å². The fourth-order valence-corrected chi connectivity index (χ4v) is 13.4. The van der Waals surface area contributed by atoms with E-state index >= 15 is 0 Å². The van der Waals surface area contributed by atoms with Crippen molar-refractivity contribution in [3.05, 3.63) is 298 Å². The highest BCUT2D eigenvalue weighted by molar-refractivity contribution is 7.13. The highest BCUT2D eigenvalue weighted by Gasteiger charge is 2.39. The number of pyridine rings is 5. The summed E-state index contributed by atoms with van der Waals surface area (Å²) in [7, 11) is 13.4. The van der Waals surface area contributed by atoms with Gasteiger partial charge in [-0.15, -0.1) is 16.4 Å². The number of halogens is 9. The number of fused-ring (bicyclic) bond motifs is 3. The molecule has 0 radical (unpaired) electrons. The second-order valence-electron chi connectivity index (χ2n) is 29.4. The summed E-state index contributed by atoms with van der Waals surface area (Å²) in [5.74, 6) is -2.18. The largest absolute Gasteiger partial charge is 0.434 e. The number of Topliss-reactive ketones (excluding diaryl/α,β-unsaturated/α-hetero) is 1. The Morgan fingerprint density at radius 1 is 0.401 bits per heavy atom. The van der Waals surface area contributed by atoms with Crippen molar-refractivity contribution in [2.75, 3.05) is 63.4 Å². The number of hydrogen-bond donors (Lipinski definition) is 9. The maximum Gasteiger partial charge on any atom is 0.434 e. The molecule has 9 N–H and O–H groups in total. The first-order valence-corrected chi connectivity index (χ1v) is 42.5. The van der Waals surface area contributed by atoms with Gasteiger partial charge in [-0.25, -0.2) is 24.5 Å². The quantitative estimate of drug-likeness (QED) is 0.0405. The molecule has 0 atom stereocenters. The lowest BCUT2D eigenvalue weighted by Gasteiger charge is -2.14. The van der Waals surface area contributed by atoms with Gasteiger partial charge in [-0.1, -0.05) is 102 Å². The Bertz CT molecular complexity index is 6520. The molecule has 0 aliphatic rings. The SMILES string of the molecule is C.C.C.CC(=O)c1nn(-c2ccccc2)nc1C.CNC(=O)c1c(C(F)(F)F)cc(C)nc1C.CNC(=O)c1c(C(F)(F)F)ccnc1C.CNC(=O)c1c(C)ccnc1C.CNC(=O)c1c(C)noc1C.CNC(=O)c1ccnc2ccccc12.CNC(=O)c1cnc2cc(C)nn2c1C.CNC(=O)c1cncnc1C(F)(F)F.CNC(=O)c1nccc2ccccc12.CNC(=O)c1sc(C(C)C)nc1C. The first kappa shape index (κ1) is 122. The van der Waals surface area contributed by atoms with Crippen LogP contribution in [0.15, 0.2) is 163 Å². The first-order chi connectivity index (χ1) is 65.5. The first-order valence-electron chi connectivity index (χ1n) is 41.7. The van der Waals surface area contributed by atoms with Gasteiger partial charge >= 0.3 is 18.5 Å². The number of amides is 9. The van der Waals surface area contributed by atoms with Crippen molar-refractivity contribution in [1.29, 1.82) is 0 Å². The number of rotatable bonds is 12. The molecule has 0 aliphatic heterocycles. The summed E-state index contributed by atoms with van der Waals surface area (Å²) >= 11 is 1.48. The topological polar surface area (TPSA) is 469 Å². The molecule has 0 saturated carbocycles. The average Bonchev–Trinajstić information content (AvgIpc) is 1.07. The van der Waals surface area contributed by atoms with Crippen LogP contribution in [0.1, 0.15) is 237 Å². The summed E-state index contributed by atoms with van der Waals surface area (Å²) in [6.07, 6.45) is -4.57. The van der Waals surface area contributed by atoms with Crippen LogP contribution in [0.2, 0.25) is 0 Å². The van der Waals surface area contributed by atoms with Gasteiger partial charge < -0.3 is 52.4 Å². The molecule has 142 heavy (non-hydrogen) atoms. The third kappa shape index (κ3) is 33.9. The van der Waals surface area contributed by atoms with E-state index in [1.54, 1.807) is 98.4 Å². The van der Waals surface area contributed by atoms with E-state index in [0.29, 0.717) is 56.7 Å². The van der Waals surface area contributed by atoms with Crippen molar-refractivity contribution in [1.82, 2.24) is 122 Å². The zero-order valence-corrected chi connectivity index (χ0v) is 80.9. The minimum absolute atomic E-state index is 0. The lowest BCUT2D eigenvalue weighted by molar-refractivity contribution is -0.141. The highest BCUT2D eigenvalue weighted by Crippen LogP contribution is 2.35. The molecule has 0 saturated heterocycles. The number of aromatic nitrogens is 15. The van der Waals surface area contributed by atoms with Crippen LogP contribution in [0.4, 0.5) is 39.5 Å². The standard InChI is InChI=1S/C11H11N3O.2C11H10N2O.C10H11F3N2O.C10H12N4O.C9H9F3N2O.C9H14N2OS.C9H12N2O.C7H6F3N3O.C7H10N2O2.3CH4/c1-8-11(9(2)15)13-14(12-8)10-6-4-3-5-7-10;1-12-11(14)9-6-7-13-10-5-3-2-4-8(9)10;1-12-11(14)10-9-5-3-2-4-8(9)6-7-13-10;1-5-4-7(10(11,12)13)8(6(2)15-5)9(16)14-3;1-6-4-9-12-5-8(10(15)11-3)7(2)14(9)13-6;1-5-7(8(15)13-2)6(3-4-14-5)9(10,11)12;1-5(2)9-11-6(3)7(13-9)8(12)10-4;1-6-4-5-11-7(2)8(6)9(12)10-3;1-11-6(14)4-2-12-3-13-5(4)7(8,9)10;1-4-6(7(10)8-3)5(2)11-9-4;;;/h3-7H,1-2H3;2*2-7H,1H3,(H,12,14);4H,1-3H3,(H,14,16);4-5H,1-3H3,(H,11,15);3-4H,1-2H3,(H,13,15);5H,1-4H3,(H,10,12);4-5H,1-3H3,(H,10,12);2-3H,1H3,(H,11,14);1-3H3,(H,8,10);3*1H4. The van der Waals surface area contributed by atoms with E-state index in [2.05, 4.69) is 127 Å². The van der Waals surface area contributed by atoms with Gasteiger partial charge in [-0.2, -0.15) is 54.5 Å². The van der Waals surface area contributed by atoms with Crippen LogP contribution < -0.4 is 47.9 Å². The Morgan fingerprint density at radius 3 is 1.41 bits per heavy atom. The number of carbonyl (C=O) groups excluding carboxylic acids is 10. The molecule has 14 rings (SSSR count). The van der Waals surface area contributed by atoms with Gasteiger partial charge in [-0.05, 0) is 136 Å². The normalized spacial score (nSPS) is 10.3. The maximum atomic E-state index is 12.7. The number of alkyl halides is 9. The molecular weight excluding hydrogens is 1880 g/mol. The molecule has 11 aromatic heterocycles. The molecule has 35 nitrogen and oxygen atoms in total. The second kappa shape index (κ2) is 56.7. The molecule has 0 unspecified atom stereocenters. The Hall–Kier alpha value is -16.1. The second-order valence-corrected chi connectivity index (χ2v) is 30.4. The Kier molecular flexibility index (Phi) is 48.7. The zero-order chi connectivity index (χ0) is 104. The maximum absolute atomic E-state index is 12.7. The predicted octanol–water partition coefficient (Wildman–Crippen LogP) is 15.9. The van der Waals surface area contributed by atoms with Crippen LogP contribution in [0.3, 0.4) is 0 Å². The van der Waals surface area contributed by atoms with E-state index < -0.39 is 69.8 Å². The molecule has 0 bridgehead atoms. The van der Waals surface area contributed by atoms with Gasteiger partial charge in [0.1, 0.15) is 28.2 Å². The number of ketones is 1. The van der Waals surface area contributed by atoms with Crippen LogP contribution >= 0.6 is 11.3 Å². The highest BCUT2D eigenvalue weighted by atomic mass is 32.1. The summed E-state index contributed by atoms with van der Waals surface area (Å²) in [4.78, 5) is 150. The fourth-order valence-electron chi connectivity index (χ4n) is 12.4. The van der Waals surface area contributed by atoms with E-state index in [1.807, 2.05) is 132 Å². The number of benzene rings is 3. The Balaban J connectivity index is 0.000000533. The summed E-state index contributed by atoms with van der Waals surface area (Å²) in [5, 5.41) is 41.9. The molecule has 0 spiro atoms. The van der Waals surface area contributed by atoms with Crippen molar-refractivity contribution in [2.45, 2.75) is 144 Å². The van der Waals surface area contributed by atoms with E-state index in [-0.39, 0.29) is 80.6 Å². The average molecular weight is 2000 g/mol. The van der Waals surface area contributed by atoms with Crippen LogP contribution in [0, 0.1) is 76.2 Å². The number of nitrogens with one attached hydrogen (secondary N) is 9. The van der Waals surface area contributed by atoms with E-state index in [0.717, 1.165) is 102 Å². The van der Waals surface area contributed by atoms with Crippen LogP contribution in [-0.4, -0.2) is 197 Å². The molecule has 9 amide bonds. The predicted molar refractivity (Wildman–Crippen MR) is 523 cm³/mol. The van der Waals surface area contributed by atoms with Crippen molar-refractivity contribution >= 4 is 97.6 Å². The third-order valence-electron chi connectivity index (χ3n) is 19.1. The molecule has 45 heteroatoms. The summed E-state index contributed by atoms with van der Waals surface area (Å²) in [5.41, 5.74) is 7.13. The molecule has 760 valence electrons. The van der Waals surface area contributed by atoms with E-state index in [9.17, 15) is 87.5 Å². The van der Waals surface area contributed by atoms with E-state index in [1.165, 1.54) is 65.0 Å². The van der Waals surface area contributed by atoms with Crippen LogP contribution in [0.5, 0.6) is 0 Å². The number of carbonyl (C=O) groups is 10. The molecule has 0 aliphatic carbocycles. The zero-order valence-electron chi connectivity index (χ0n) is 80.1. The fraction of sp³-hybridized carbons (Fsp3) is 0.309. The van der Waals surface area contributed by atoms with Gasteiger partial charge in [-0.3, -0.25) is 72.9 Å². The van der Waals surface area contributed by atoms with Crippen molar-refractivity contribution in [3.63, 3.8) is 0 Å².